The standard InChI is InChI=1S/C17H26N5O6PS/c1-2-3-4-5-29(25,26)27-7-10-12(23)13(24)17(28-10)22-6-9(15(19)30)11-14(18)20-8-21-16(11)22/h6,8,10,12-13,17,23-24H,2-5,7H2,1H3,(H2,19,30)(H,25,26)(H2,18,20,21). The smallest absolute Gasteiger partial charge is 0.328 e. The van der Waals surface area contributed by atoms with Crippen LogP contribution in [0.3, 0.4) is 0 Å². The molecular weight excluding hydrogens is 433 g/mol. The Labute approximate surface area is 178 Å². The van der Waals surface area contributed by atoms with Gasteiger partial charge in [-0.25, -0.2) is 9.97 Å². The molecule has 2 aromatic rings. The van der Waals surface area contributed by atoms with Gasteiger partial charge in [-0.1, -0.05) is 32.0 Å². The summed E-state index contributed by atoms with van der Waals surface area (Å²) in [7, 11) is -3.82. The lowest BCUT2D eigenvalue weighted by Crippen LogP contribution is -2.33. The molecule has 1 saturated heterocycles. The molecule has 0 amide bonds. The molecule has 0 radical (unpaired) electrons. The van der Waals surface area contributed by atoms with Gasteiger partial charge in [0.25, 0.3) is 0 Å². The van der Waals surface area contributed by atoms with Crippen molar-refractivity contribution in [3.05, 3.63) is 18.1 Å². The van der Waals surface area contributed by atoms with Crippen LogP contribution < -0.4 is 11.5 Å². The Morgan fingerprint density at radius 3 is 2.77 bits per heavy atom. The quantitative estimate of drug-likeness (QED) is 0.202. The highest BCUT2D eigenvalue weighted by atomic mass is 32.1. The molecule has 0 saturated carbocycles. The van der Waals surface area contributed by atoms with Gasteiger partial charge < -0.3 is 40.4 Å². The number of hydrogen-bond donors (Lipinski definition) is 5. The van der Waals surface area contributed by atoms with Crippen molar-refractivity contribution >= 4 is 41.7 Å². The van der Waals surface area contributed by atoms with E-state index in [4.69, 9.17) is 32.9 Å². The molecule has 7 N–H and O–H groups in total. The van der Waals surface area contributed by atoms with Gasteiger partial charge in [0.05, 0.1) is 12.0 Å². The zero-order chi connectivity index (χ0) is 22.1. The summed E-state index contributed by atoms with van der Waals surface area (Å²) in [5.74, 6) is 0.155. The Hall–Kier alpha value is -1.66. The Balaban J connectivity index is 1.80. The summed E-state index contributed by atoms with van der Waals surface area (Å²) < 4.78 is 24.5. The minimum Gasteiger partial charge on any atom is -0.389 e. The second-order valence-corrected chi connectivity index (χ2v) is 9.60. The Bertz CT molecular complexity index is 972. The molecule has 5 atom stereocenters. The summed E-state index contributed by atoms with van der Waals surface area (Å²) >= 11 is 5.06. The zero-order valence-corrected chi connectivity index (χ0v) is 18.1. The molecule has 0 aliphatic carbocycles. The van der Waals surface area contributed by atoms with Gasteiger partial charge in [0.15, 0.2) is 6.23 Å². The van der Waals surface area contributed by atoms with Gasteiger partial charge in [0.1, 0.15) is 41.1 Å². The van der Waals surface area contributed by atoms with Crippen LogP contribution in [0.1, 0.15) is 38.0 Å². The first-order valence-electron chi connectivity index (χ1n) is 9.55. The van der Waals surface area contributed by atoms with Crippen molar-refractivity contribution in [2.24, 2.45) is 5.73 Å². The third-order valence-electron chi connectivity index (χ3n) is 5.00. The summed E-state index contributed by atoms with van der Waals surface area (Å²) in [4.78, 5) is 18.1. The lowest BCUT2D eigenvalue weighted by molar-refractivity contribution is -0.0482. The first kappa shape index (κ1) is 23.0. The van der Waals surface area contributed by atoms with Crippen LogP contribution in [0.4, 0.5) is 5.82 Å². The van der Waals surface area contributed by atoms with Crippen LogP contribution in [0.5, 0.6) is 0 Å². The minimum absolute atomic E-state index is 0.0192. The average Bonchev–Trinajstić information content (AvgIpc) is 3.20. The normalized spacial score (nSPS) is 26.1. The second kappa shape index (κ2) is 9.23. The molecule has 0 bridgehead atoms. The monoisotopic (exact) mass is 459 g/mol. The summed E-state index contributed by atoms with van der Waals surface area (Å²) in [5.41, 5.74) is 12.4. The maximum atomic E-state index is 12.1. The first-order valence-corrected chi connectivity index (χ1v) is 11.7. The van der Waals surface area contributed by atoms with Crippen molar-refractivity contribution in [3.8, 4) is 0 Å². The highest BCUT2D eigenvalue weighted by molar-refractivity contribution is 7.80. The number of hydrogen-bond acceptors (Lipinski definition) is 9. The van der Waals surface area contributed by atoms with Gasteiger partial charge >= 0.3 is 7.60 Å². The molecule has 0 spiro atoms. The number of fused-ring (bicyclic) bond motifs is 1. The van der Waals surface area contributed by atoms with Crippen LogP contribution in [0, 0.1) is 0 Å². The number of aromatic nitrogens is 3. The van der Waals surface area contributed by atoms with E-state index in [9.17, 15) is 19.7 Å². The maximum Gasteiger partial charge on any atom is 0.328 e. The number of nitrogen functional groups attached to an aromatic ring is 1. The number of ether oxygens (including phenoxy) is 1. The second-order valence-electron chi connectivity index (χ2n) is 7.18. The number of aliphatic hydroxyl groups is 2. The van der Waals surface area contributed by atoms with E-state index in [2.05, 4.69) is 9.97 Å². The van der Waals surface area contributed by atoms with Crippen molar-refractivity contribution in [3.63, 3.8) is 0 Å². The Morgan fingerprint density at radius 2 is 2.10 bits per heavy atom. The molecule has 5 unspecified atom stereocenters. The topological polar surface area (TPSA) is 179 Å². The number of unbranched alkanes of at least 4 members (excludes halogenated alkanes) is 2. The molecule has 1 aliphatic rings. The number of aliphatic hydroxyl groups excluding tert-OH is 2. The third-order valence-corrected chi connectivity index (χ3v) is 6.65. The molecule has 2 aromatic heterocycles. The molecular formula is C17H26N5O6PS. The molecule has 13 heteroatoms. The summed E-state index contributed by atoms with van der Waals surface area (Å²) in [6.45, 7) is 1.63. The summed E-state index contributed by atoms with van der Waals surface area (Å²) in [6.07, 6.45) is 0.261. The maximum absolute atomic E-state index is 12.1. The molecule has 1 aliphatic heterocycles. The van der Waals surface area contributed by atoms with E-state index in [0.717, 1.165) is 12.8 Å². The van der Waals surface area contributed by atoms with E-state index in [1.807, 2.05) is 6.92 Å². The van der Waals surface area contributed by atoms with Crippen LogP contribution >= 0.6 is 19.8 Å². The number of anilines is 1. The summed E-state index contributed by atoms with van der Waals surface area (Å²) in [6, 6.07) is 0. The number of thiocarbonyl (C=S) groups is 1. The molecule has 3 rings (SSSR count). The highest BCUT2D eigenvalue weighted by Gasteiger charge is 2.45. The molecule has 0 aromatic carbocycles. The SMILES string of the molecule is CCCCCP(=O)(O)OCC1OC(n2cc(C(N)=S)c3c(N)ncnc32)C(O)C1O. The highest BCUT2D eigenvalue weighted by Crippen LogP contribution is 2.44. The van der Waals surface area contributed by atoms with Crippen molar-refractivity contribution < 1.29 is 28.9 Å². The number of nitrogens with two attached hydrogens (primary N) is 2. The van der Waals surface area contributed by atoms with E-state index in [0.29, 0.717) is 23.0 Å². The molecule has 1 fully saturated rings. The van der Waals surface area contributed by atoms with E-state index < -0.39 is 32.1 Å². The van der Waals surface area contributed by atoms with E-state index in [-0.39, 0.29) is 23.6 Å². The predicted molar refractivity (Wildman–Crippen MR) is 114 cm³/mol. The molecule has 11 nitrogen and oxygen atoms in total. The largest absolute Gasteiger partial charge is 0.389 e. The van der Waals surface area contributed by atoms with Crippen LogP contribution in [-0.2, 0) is 13.8 Å². The van der Waals surface area contributed by atoms with Crippen LogP contribution in [0.15, 0.2) is 12.5 Å². The fourth-order valence-corrected chi connectivity index (χ4v) is 4.69. The lowest BCUT2D eigenvalue weighted by Gasteiger charge is -2.18. The van der Waals surface area contributed by atoms with Gasteiger partial charge in [-0.05, 0) is 6.42 Å². The van der Waals surface area contributed by atoms with Crippen LogP contribution in [0.2, 0.25) is 0 Å². The lowest BCUT2D eigenvalue weighted by atomic mass is 10.1. The molecule has 3 heterocycles. The van der Waals surface area contributed by atoms with Crippen LogP contribution in [-0.4, -0.2) is 65.7 Å². The van der Waals surface area contributed by atoms with Gasteiger partial charge in [0.2, 0.25) is 0 Å². The third kappa shape index (κ3) is 4.65. The van der Waals surface area contributed by atoms with E-state index in [1.165, 1.54) is 17.1 Å². The number of nitrogens with zero attached hydrogens (tertiary/aromatic N) is 3. The van der Waals surface area contributed by atoms with Crippen molar-refractivity contribution in [2.45, 2.75) is 50.7 Å². The van der Waals surface area contributed by atoms with Gasteiger partial charge in [-0.15, -0.1) is 0 Å². The summed E-state index contributed by atoms with van der Waals surface area (Å²) in [5, 5.41) is 21.3. The Morgan fingerprint density at radius 1 is 1.37 bits per heavy atom. The van der Waals surface area contributed by atoms with Crippen molar-refractivity contribution in [1.82, 2.24) is 14.5 Å². The van der Waals surface area contributed by atoms with E-state index in [1.54, 1.807) is 0 Å². The molecule has 30 heavy (non-hydrogen) atoms. The fourth-order valence-electron chi connectivity index (χ4n) is 3.40. The van der Waals surface area contributed by atoms with Crippen molar-refractivity contribution in [2.75, 3.05) is 18.5 Å². The van der Waals surface area contributed by atoms with Crippen LogP contribution in [0.25, 0.3) is 11.0 Å². The van der Waals surface area contributed by atoms with Crippen molar-refractivity contribution in [1.29, 1.82) is 0 Å². The first-order chi connectivity index (χ1) is 14.2. The Kier molecular flexibility index (Phi) is 7.08. The van der Waals surface area contributed by atoms with Gasteiger partial charge in [0, 0.05) is 17.9 Å². The zero-order valence-electron chi connectivity index (χ0n) is 16.4. The minimum atomic E-state index is -3.82. The number of rotatable bonds is 9. The molecule has 166 valence electrons. The van der Waals surface area contributed by atoms with Gasteiger partial charge in [-0.3, -0.25) is 4.57 Å². The fraction of sp³-hybridized carbons (Fsp3) is 0.588. The average molecular weight is 459 g/mol. The predicted octanol–water partition coefficient (Wildman–Crippen LogP) is 0.659. The van der Waals surface area contributed by atoms with Gasteiger partial charge in [-0.2, -0.15) is 0 Å². The van der Waals surface area contributed by atoms with E-state index >= 15 is 0 Å².